The van der Waals surface area contributed by atoms with Crippen molar-refractivity contribution in [3.63, 3.8) is 0 Å². The number of carboxylic acids is 1. The minimum atomic E-state index is -1.30. The van der Waals surface area contributed by atoms with Crippen LogP contribution in [-0.4, -0.2) is 47.5 Å². The number of para-hydroxylation sites is 1. The van der Waals surface area contributed by atoms with E-state index in [2.05, 4.69) is 0 Å². The number of esters is 1. The summed E-state index contributed by atoms with van der Waals surface area (Å²) in [7, 11) is 3.00. The first-order chi connectivity index (χ1) is 20.3. The number of carboxylic acid groups (broad SMARTS) is 1. The highest BCUT2D eigenvalue weighted by Gasteiger charge is 2.35. The van der Waals surface area contributed by atoms with Crippen LogP contribution in [0.25, 0.3) is 11.8 Å². The van der Waals surface area contributed by atoms with Gasteiger partial charge in [0.15, 0.2) is 16.3 Å². The Balaban J connectivity index is 1.85. The second-order valence-corrected chi connectivity index (χ2v) is 10.1. The number of aromatic carboxylic acids is 1. The Bertz CT molecular complexity index is 1910. The number of hydrogen-bond donors (Lipinski definition) is 2. The molecule has 4 aromatic rings. The fourth-order valence-electron chi connectivity index (χ4n) is 4.77. The van der Waals surface area contributed by atoms with Gasteiger partial charge in [-0.3, -0.25) is 9.36 Å². The Morgan fingerprint density at radius 2 is 1.76 bits per heavy atom. The number of rotatable bonds is 8. The third-order valence-corrected chi connectivity index (χ3v) is 7.66. The molecule has 11 heteroatoms. The molecule has 0 spiro atoms. The van der Waals surface area contributed by atoms with Crippen LogP contribution in [0, 0.1) is 0 Å². The molecule has 0 radical (unpaired) electrons. The Hall–Kier alpha value is -5.16. The summed E-state index contributed by atoms with van der Waals surface area (Å²) < 4.78 is 18.0. The molecular formula is C31H26N2O8S. The third kappa shape index (κ3) is 5.06. The molecule has 0 aliphatic carbocycles. The largest absolute Gasteiger partial charge is 0.506 e. The third-order valence-electron chi connectivity index (χ3n) is 6.68. The molecule has 3 aromatic carbocycles. The summed E-state index contributed by atoms with van der Waals surface area (Å²) in [5.41, 5.74) is 1.05. The van der Waals surface area contributed by atoms with Crippen molar-refractivity contribution in [2.75, 3.05) is 20.8 Å². The number of benzene rings is 3. The lowest BCUT2D eigenvalue weighted by atomic mass is 9.93. The predicted octanol–water partition coefficient (Wildman–Crippen LogP) is 3.36. The Labute approximate surface area is 243 Å². The van der Waals surface area contributed by atoms with Crippen molar-refractivity contribution in [3.8, 4) is 17.2 Å². The first-order valence-corrected chi connectivity index (χ1v) is 13.7. The summed E-state index contributed by atoms with van der Waals surface area (Å²) >= 11 is 1.05. The second-order valence-electron chi connectivity index (χ2n) is 9.09. The standard InChI is InChI=1S/C31H26N2O8S/c1-4-41-30(38)24-25(17-9-6-5-7-10-17)32-31-33(26(24)18-13-14-21(39-2)22(15-18)40-3)28(35)23(42-31)16-19-11-8-12-20(27(19)34)29(36)37/h5-16,26,34H,4H2,1-3H3,(H,36,37)/b23-16+/t26-/m1/s1. The minimum absolute atomic E-state index is 0.104. The van der Waals surface area contributed by atoms with Crippen LogP contribution in [0.3, 0.4) is 0 Å². The van der Waals surface area contributed by atoms with Crippen LogP contribution >= 0.6 is 11.3 Å². The van der Waals surface area contributed by atoms with Crippen molar-refractivity contribution in [2.45, 2.75) is 13.0 Å². The average Bonchev–Trinajstić information content (AvgIpc) is 3.31. The molecule has 0 fully saturated rings. The Morgan fingerprint density at radius 3 is 2.43 bits per heavy atom. The summed E-state index contributed by atoms with van der Waals surface area (Å²) in [4.78, 5) is 44.3. The fraction of sp³-hybridized carbons (Fsp3) is 0.161. The van der Waals surface area contributed by atoms with Gasteiger partial charge >= 0.3 is 11.9 Å². The van der Waals surface area contributed by atoms with Gasteiger partial charge in [-0.05, 0) is 36.8 Å². The van der Waals surface area contributed by atoms with Gasteiger partial charge in [-0.15, -0.1) is 0 Å². The summed E-state index contributed by atoms with van der Waals surface area (Å²) in [5, 5.41) is 20.0. The SMILES string of the molecule is CCOC(=O)C1=C(c2ccccc2)N=c2s/c(=C/c3cccc(C(=O)O)c3O)c(=O)n2[C@@H]1c1ccc(OC)c(OC)c1. The van der Waals surface area contributed by atoms with Crippen LogP contribution < -0.4 is 24.4 Å². The highest BCUT2D eigenvalue weighted by Crippen LogP contribution is 2.38. The quantitative estimate of drug-likeness (QED) is 0.300. The van der Waals surface area contributed by atoms with Gasteiger partial charge in [-0.1, -0.05) is 59.9 Å². The maximum atomic E-state index is 14.0. The highest BCUT2D eigenvalue weighted by molar-refractivity contribution is 7.07. The van der Waals surface area contributed by atoms with Crippen molar-refractivity contribution in [3.05, 3.63) is 114 Å². The van der Waals surface area contributed by atoms with E-state index in [1.165, 1.54) is 43.1 Å². The molecular weight excluding hydrogens is 560 g/mol. The van der Waals surface area contributed by atoms with Crippen LogP contribution in [0.1, 0.15) is 40.0 Å². The van der Waals surface area contributed by atoms with E-state index in [1.807, 2.05) is 30.3 Å². The number of phenols is 1. The van der Waals surface area contributed by atoms with E-state index in [-0.39, 0.29) is 27.8 Å². The number of carbonyl (C=O) groups excluding carboxylic acids is 1. The molecule has 0 unspecified atom stereocenters. The van der Waals surface area contributed by atoms with E-state index in [0.29, 0.717) is 33.1 Å². The van der Waals surface area contributed by atoms with Gasteiger partial charge in [0.25, 0.3) is 5.56 Å². The molecule has 214 valence electrons. The molecule has 0 amide bonds. The Morgan fingerprint density at radius 1 is 1.02 bits per heavy atom. The van der Waals surface area contributed by atoms with E-state index >= 15 is 0 Å². The first-order valence-electron chi connectivity index (χ1n) is 12.8. The van der Waals surface area contributed by atoms with E-state index in [0.717, 1.165) is 11.3 Å². The van der Waals surface area contributed by atoms with Gasteiger partial charge in [-0.25, -0.2) is 14.6 Å². The lowest BCUT2D eigenvalue weighted by Gasteiger charge is -2.26. The Kier molecular flexibility index (Phi) is 7.94. The van der Waals surface area contributed by atoms with E-state index < -0.39 is 29.3 Å². The maximum Gasteiger partial charge on any atom is 0.339 e. The van der Waals surface area contributed by atoms with Crippen molar-refractivity contribution >= 4 is 35.0 Å². The van der Waals surface area contributed by atoms with E-state index in [9.17, 15) is 24.6 Å². The monoisotopic (exact) mass is 586 g/mol. The first kappa shape index (κ1) is 28.4. The summed E-state index contributed by atoms with van der Waals surface area (Å²) in [6, 6.07) is 17.5. The number of nitrogens with zero attached hydrogens (tertiary/aromatic N) is 2. The molecule has 1 aliphatic rings. The van der Waals surface area contributed by atoms with Crippen molar-refractivity contribution < 1.29 is 34.0 Å². The number of thiazole rings is 1. The number of ether oxygens (including phenoxy) is 3. The molecule has 2 N–H and O–H groups in total. The lowest BCUT2D eigenvalue weighted by Crippen LogP contribution is -2.40. The number of fused-ring (bicyclic) bond motifs is 1. The van der Waals surface area contributed by atoms with Gasteiger partial charge < -0.3 is 24.4 Å². The molecule has 5 rings (SSSR count). The molecule has 42 heavy (non-hydrogen) atoms. The van der Waals surface area contributed by atoms with Crippen LogP contribution in [0.5, 0.6) is 17.2 Å². The highest BCUT2D eigenvalue weighted by atomic mass is 32.1. The number of aromatic nitrogens is 1. The molecule has 0 saturated heterocycles. The molecule has 1 aromatic heterocycles. The van der Waals surface area contributed by atoms with Crippen LogP contribution in [0.15, 0.2) is 82.1 Å². The van der Waals surface area contributed by atoms with Crippen LogP contribution in [0.2, 0.25) is 0 Å². The number of methoxy groups -OCH3 is 2. The van der Waals surface area contributed by atoms with Crippen LogP contribution in [0.4, 0.5) is 0 Å². The van der Waals surface area contributed by atoms with Crippen molar-refractivity contribution in [1.82, 2.24) is 4.57 Å². The van der Waals surface area contributed by atoms with Crippen molar-refractivity contribution in [1.29, 1.82) is 0 Å². The van der Waals surface area contributed by atoms with E-state index in [1.54, 1.807) is 25.1 Å². The molecule has 1 aliphatic heterocycles. The molecule has 0 saturated carbocycles. The second kappa shape index (κ2) is 11.8. The van der Waals surface area contributed by atoms with Gasteiger partial charge in [0.1, 0.15) is 11.3 Å². The van der Waals surface area contributed by atoms with Crippen molar-refractivity contribution in [2.24, 2.45) is 4.99 Å². The molecule has 0 bridgehead atoms. The zero-order chi connectivity index (χ0) is 30.0. The van der Waals surface area contributed by atoms with Gasteiger partial charge in [0, 0.05) is 11.1 Å². The van der Waals surface area contributed by atoms with Gasteiger partial charge in [-0.2, -0.15) is 0 Å². The minimum Gasteiger partial charge on any atom is -0.506 e. The summed E-state index contributed by atoms with van der Waals surface area (Å²) in [5.74, 6) is -1.55. The summed E-state index contributed by atoms with van der Waals surface area (Å²) in [6.45, 7) is 1.80. The maximum absolute atomic E-state index is 14.0. The topological polar surface area (TPSA) is 137 Å². The normalized spacial score (nSPS) is 14.6. The zero-order valence-electron chi connectivity index (χ0n) is 22.9. The number of aromatic hydroxyl groups is 1. The molecule has 10 nitrogen and oxygen atoms in total. The number of carbonyl (C=O) groups is 2. The lowest BCUT2D eigenvalue weighted by molar-refractivity contribution is -0.138. The van der Waals surface area contributed by atoms with E-state index in [4.69, 9.17) is 19.2 Å². The smallest absolute Gasteiger partial charge is 0.339 e. The zero-order valence-corrected chi connectivity index (χ0v) is 23.7. The molecule has 2 heterocycles. The fourth-order valence-corrected chi connectivity index (χ4v) is 5.76. The summed E-state index contributed by atoms with van der Waals surface area (Å²) in [6.07, 6.45) is 1.41. The van der Waals surface area contributed by atoms with Gasteiger partial charge in [0.05, 0.1) is 42.7 Å². The molecule has 1 atom stereocenters. The van der Waals surface area contributed by atoms with Gasteiger partial charge in [0.2, 0.25) is 0 Å². The number of hydrogen-bond acceptors (Lipinski definition) is 9. The van der Waals surface area contributed by atoms with Crippen LogP contribution in [-0.2, 0) is 9.53 Å². The predicted molar refractivity (Wildman–Crippen MR) is 156 cm³/mol. The average molecular weight is 587 g/mol.